The molecule has 188 valence electrons. The maximum absolute atomic E-state index is 6.97. The van der Waals surface area contributed by atoms with Gasteiger partial charge < -0.3 is 9.30 Å². The summed E-state index contributed by atoms with van der Waals surface area (Å²) < 4.78 is 10.2. The van der Waals surface area contributed by atoms with Gasteiger partial charge in [-0.1, -0.05) is 72.8 Å². The molecule has 0 amide bonds. The third-order valence-electron chi connectivity index (χ3n) is 8.44. The van der Waals surface area contributed by atoms with Gasteiger partial charge in [-0.3, -0.25) is 9.97 Å². The Hall–Kier alpha value is -4.74. The van der Waals surface area contributed by atoms with Crippen LogP contribution in [0.25, 0.3) is 38.9 Å². The Kier molecular flexibility index (Phi) is 4.37. The van der Waals surface area contributed by atoms with Crippen molar-refractivity contribution >= 4 is 37.7 Å². The van der Waals surface area contributed by atoms with Crippen LogP contribution in [0.15, 0.2) is 126 Å². The molecule has 0 bridgehead atoms. The highest BCUT2D eigenvalue weighted by molar-refractivity contribution is 9.10. The van der Waals surface area contributed by atoms with Crippen molar-refractivity contribution in [2.45, 2.75) is 5.41 Å². The van der Waals surface area contributed by atoms with Crippen LogP contribution in [0.4, 0.5) is 0 Å². The zero-order valence-corrected chi connectivity index (χ0v) is 22.8. The van der Waals surface area contributed by atoms with E-state index in [0.717, 1.165) is 66.3 Å². The lowest BCUT2D eigenvalue weighted by Gasteiger charge is -2.40. The molecule has 1 aliphatic heterocycles. The summed E-state index contributed by atoms with van der Waals surface area (Å²) in [4.78, 5) is 9.70. The number of benzene rings is 4. The van der Waals surface area contributed by atoms with Crippen LogP contribution in [-0.2, 0) is 5.41 Å². The number of ether oxygens (including phenoxy) is 1. The maximum Gasteiger partial charge on any atom is 0.156 e. The SMILES string of the molecule is Brc1cccc2c1Oc1c(-n3c4ccccc4c4ccccc43)cccc1C21c2cccnc2-c2ncccc21. The predicted octanol–water partition coefficient (Wildman–Crippen LogP) is 8.80. The summed E-state index contributed by atoms with van der Waals surface area (Å²) in [7, 11) is 0. The minimum Gasteiger partial charge on any atom is -0.453 e. The summed E-state index contributed by atoms with van der Waals surface area (Å²) in [5.41, 5.74) is 8.88. The van der Waals surface area contributed by atoms with E-state index in [-0.39, 0.29) is 0 Å². The third kappa shape index (κ3) is 2.61. The van der Waals surface area contributed by atoms with Crippen LogP contribution in [0.2, 0.25) is 0 Å². The molecule has 4 aromatic carbocycles. The number of nitrogens with zero attached hydrogens (tertiary/aromatic N) is 3. The van der Waals surface area contributed by atoms with E-state index in [0.29, 0.717) is 0 Å². The van der Waals surface area contributed by atoms with Gasteiger partial charge in [0.2, 0.25) is 0 Å². The van der Waals surface area contributed by atoms with Crippen LogP contribution >= 0.6 is 15.9 Å². The minimum atomic E-state index is -0.630. The van der Waals surface area contributed by atoms with E-state index < -0.39 is 5.41 Å². The second kappa shape index (κ2) is 7.90. The molecule has 0 saturated heterocycles. The van der Waals surface area contributed by atoms with Crippen molar-refractivity contribution in [2.24, 2.45) is 0 Å². The number of fused-ring (bicyclic) bond motifs is 12. The van der Waals surface area contributed by atoms with Gasteiger partial charge in [0.15, 0.2) is 5.75 Å². The van der Waals surface area contributed by atoms with Gasteiger partial charge in [0.05, 0.1) is 38.0 Å². The molecule has 0 unspecified atom stereocenters. The standard InChI is InChI=1S/C35H20BrN3O/c36-27-15-5-11-25-33(27)40-34-26(35(25)23-13-7-19-37-31(23)32-24(35)14-8-20-38-32)12-6-18-30(34)39-28-16-3-1-9-21(28)22-10-2-4-17-29(22)39/h1-20H. The molecule has 2 aliphatic rings. The maximum atomic E-state index is 6.97. The molecule has 1 aliphatic carbocycles. The topological polar surface area (TPSA) is 39.9 Å². The van der Waals surface area contributed by atoms with Gasteiger partial charge in [-0.15, -0.1) is 0 Å². The van der Waals surface area contributed by atoms with Gasteiger partial charge in [-0.2, -0.15) is 0 Å². The van der Waals surface area contributed by atoms with E-state index in [2.05, 4.69) is 111 Å². The first-order valence-electron chi connectivity index (χ1n) is 13.3. The lowest BCUT2D eigenvalue weighted by atomic mass is 9.66. The molecular formula is C35H20BrN3O. The molecule has 0 atom stereocenters. The molecule has 0 saturated carbocycles. The molecule has 5 heteroatoms. The largest absolute Gasteiger partial charge is 0.453 e. The van der Waals surface area contributed by atoms with Gasteiger partial charge in [0.25, 0.3) is 0 Å². The molecule has 0 fully saturated rings. The van der Waals surface area contributed by atoms with E-state index in [1.165, 1.54) is 10.8 Å². The number of rotatable bonds is 1. The molecule has 3 aromatic heterocycles. The fraction of sp³-hybridized carbons (Fsp3) is 0.0286. The molecule has 7 aromatic rings. The molecule has 0 N–H and O–H groups in total. The first kappa shape index (κ1) is 22.1. The van der Waals surface area contributed by atoms with Crippen LogP contribution in [0.1, 0.15) is 22.3 Å². The number of hydrogen-bond acceptors (Lipinski definition) is 3. The molecule has 0 radical (unpaired) electrons. The Morgan fingerprint density at radius 2 is 1.10 bits per heavy atom. The highest BCUT2D eigenvalue weighted by Gasteiger charge is 2.53. The van der Waals surface area contributed by atoms with E-state index in [1.54, 1.807) is 0 Å². The van der Waals surface area contributed by atoms with Crippen LogP contribution < -0.4 is 4.74 Å². The number of hydrogen-bond donors (Lipinski definition) is 0. The Morgan fingerprint density at radius 3 is 1.75 bits per heavy atom. The summed E-state index contributed by atoms with van der Waals surface area (Å²) in [5, 5.41) is 2.43. The zero-order valence-electron chi connectivity index (χ0n) is 21.2. The average Bonchev–Trinajstić information content (AvgIpc) is 3.49. The lowest BCUT2D eigenvalue weighted by Crippen LogP contribution is -2.32. The van der Waals surface area contributed by atoms with Gasteiger partial charge >= 0.3 is 0 Å². The summed E-state index contributed by atoms with van der Waals surface area (Å²) >= 11 is 3.83. The smallest absolute Gasteiger partial charge is 0.156 e. The Labute approximate surface area is 238 Å². The van der Waals surface area contributed by atoms with Gasteiger partial charge in [-0.25, -0.2) is 0 Å². The molecular weight excluding hydrogens is 558 g/mol. The third-order valence-corrected chi connectivity index (χ3v) is 9.07. The van der Waals surface area contributed by atoms with E-state index in [1.807, 2.05) is 30.6 Å². The minimum absolute atomic E-state index is 0.630. The fourth-order valence-electron chi connectivity index (χ4n) is 6.96. The summed E-state index contributed by atoms with van der Waals surface area (Å²) in [5.74, 6) is 1.65. The monoisotopic (exact) mass is 577 g/mol. The molecule has 4 nitrogen and oxygen atoms in total. The number of halogens is 1. The van der Waals surface area contributed by atoms with Crippen LogP contribution in [-0.4, -0.2) is 14.5 Å². The Balaban J connectivity index is 1.47. The first-order valence-corrected chi connectivity index (χ1v) is 14.1. The number of aromatic nitrogens is 3. The molecule has 4 heterocycles. The number of para-hydroxylation sites is 4. The van der Waals surface area contributed by atoms with E-state index >= 15 is 0 Å². The van der Waals surface area contributed by atoms with Crippen molar-refractivity contribution in [1.29, 1.82) is 0 Å². The van der Waals surface area contributed by atoms with Crippen LogP contribution in [0.5, 0.6) is 11.5 Å². The highest BCUT2D eigenvalue weighted by atomic mass is 79.9. The van der Waals surface area contributed by atoms with Gasteiger partial charge in [0, 0.05) is 34.3 Å². The average molecular weight is 578 g/mol. The molecule has 9 rings (SSSR count). The van der Waals surface area contributed by atoms with Crippen molar-refractivity contribution in [3.8, 4) is 28.6 Å². The van der Waals surface area contributed by atoms with Gasteiger partial charge in [0.1, 0.15) is 5.75 Å². The van der Waals surface area contributed by atoms with E-state index in [4.69, 9.17) is 14.7 Å². The van der Waals surface area contributed by atoms with Crippen LogP contribution in [0.3, 0.4) is 0 Å². The predicted molar refractivity (Wildman–Crippen MR) is 161 cm³/mol. The summed E-state index contributed by atoms with van der Waals surface area (Å²) in [6.07, 6.45) is 3.71. The van der Waals surface area contributed by atoms with Crippen LogP contribution in [0, 0.1) is 0 Å². The Bertz CT molecular complexity index is 2080. The van der Waals surface area contributed by atoms with Gasteiger partial charge in [-0.05, 0) is 63.5 Å². The van der Waals surface area contributed by atoms with Crippen molar-refractivity contribution in [3.05, 3.63) is 148 Å². The van der Waals surface area contributed by atoms with Crippen molar-refractivity contribution in [2.75, 3.05) is 0 Å². The molecule has 40 heavy (non-hydrogen) atoms. The second-order valence-corrected chi connectivity index (χ2v) is 11.1. The summed E-state index contributed by atoms with van der Waals surface area (Å²) in [6, 6.07) is 38.4. The Morgan fingerprint density at radius 1 is 0.550 bits per heavy atom. The zero-order chi connectivity index (χ0) is 26.4. The number of pyridine rings is 2. The normalized spacial score (nSPS) is 14.0. The first-order chi connectivity index (χ1) is 19.8. The van der Waals surface area contributed by atoms with Crippen molar-refractivity contribution in [1.82, 2.24) is 14.5 Å². The fourth-order valence-corrected chi connectivity index (χ4v) is 7.41. The molecule has 1 spiro atoms. The van der Waals surface area contributed by atoms with E-state index in [9.17, 15) is 0 Å². The second-order valence-electron chi connectivity index (χ2n) is 10.3. The summed E-state index contributed by atoms with van der Waals surface area (Å²) in [6.45, 7) is 0. The van der Waals surface area contributed by atoms with Crippen molar-refractivity contribution < 1.29 is 4.74 Å². The highest BCUT2D eigenvalue weighted by Crippen LogP contribution is 2.63. The quantitative estimate of drug-likeness (QED) is 0.196. The lowest BCUT2D eigenvalue weighted by molar-refractivity contribution is 0.432. The van der Waals surface area contributed by atoms with Crippen molar-refractivity contribution in [3.63, 3.8) is 0 Å².